The maximum absolute atomic E-state index is 10.4. The summed E-state index contributed by atoms with van der Waals surface area (Å²) in [5, 5.41) is 2.71. The van der Waals surface area contributed by atoms with E-state index < -0.39 is 0 Å². The summed E-state index contributed by atoms with van der Waals surface area (Å²) in [6.45, 7) is 4.93. The van der Waals surface area contributed by atoms with Crippen molar-refractivity contribution in [2.75, 3.05) is 20.3 Å². The minimum atomic E-state index is 0.0166. The van der Waals surface area contributed by atoms with E-state index in [9.17, 15) is 4.79 Å². The molecule has 10 heavy (non-hydrogen) atoms. The molecule has 0 bridgehead atoms. The number of nitrogens with one attached hydrogen (secondary N) is 1. The van der Waals surface area contributed by atoms with Gasteiger partial charge in [0.2, 0.25) is 5.91 Å². The third-order valence-corrected chi connectivity index (χ3v) is 1.15. The van der Waals surface area contributed by atoms with Gasteiger partial charge in [0.05, 0.1) is 6.61 Å². The van der Waals surface area contributed by atoms with Gasteiger partial charge >= 0.3 is 0 Å². The fourth-order valence-corrected chi connectivity index (χ4v) is 0.661. The van der Waals surface area contributed by atoms with E-state index in [0.717, 1.165) is 0 Å². The first-order chi connectivity index (χ1) is 4.66. The molecule has 0 aliphatic rings. The van der Waals surface area contributed by atoms with Gasteiger partial charge in [0.1, 0.15) is 0 Å². The lowest BCUT2D eigenvalue weighted by Gasteiger charge is -2.09. The minimum absolute atomic E-state index is 0.0166. The number of carbonyl (C=O) groups excluding carboxylic acids is 1. The molecule has 0 aliphatic heterocycles. The van der Waals surface area contributed by atoms with Crippen molar-refractivity contribution in [3.8, 4) is 0 Å². The second kappa shape index (κ2) is 5.23. The molecule has 0 heterocycles. The predicted octanol–water partition coefficient (Wildman–Crippen LogP) is 0.405. The van der Waals surface area contributed by atoms with Crippen LogP contribution < -0.4 is 5.32 Å². The molecule has 0 aromatic rings. The van der Waals surface area contributed by atoms with Crippen LogP contribution in [0.15, 0.2) is 0 Å². The highest BCUT2D eigenvalue weighted by molar-refractivity contribution is 5.72. The summed E-state index contributed by atoms with van der Waals surface area (Å²) >= 11 is 0. The van der Waals surface area contributed by atoms with Gasteiger partial charge in [-0.25, -0.2) is 0 Å². The third-order valence-electron chi connectivity index (χ3n) is 1.15. The molecule has 0 aliphatic carbocycles. The largest absolute Gasteiger partial charge is 0.384 e. The second-order valence-corrected chi connectivity index (χ2v) is 2.50. The molecule has 1 N–H and O–H groups in total. The van der Waals surface area contributed by atoms with Crippen molar-refractivity contribution < 1.29 is 9.53 Å². The van der Waals surface area contributed by atoms with E-state index >= 15 is 0 Å². The van der Waals surface area contributed by atoms with Crippen molar-refractivity contribution in [2.24, 2.45) is 5.92 Å². The molecule has 0 saturated carbocycles. The Balaban J connectivity index is 3.21. The molecule has 0 fully saturated rings. The van der Waals surface area contributed by atoms with Gasteiger partial charge in [0.25, 0.3) is 0 Å². The molecular weight excluding hydrogens is 130 g/mol. The van der Waals surface area contributed by atoms with E-state index in [2.05, 4.69) is 5.32 Å². The quantitative estimate of drug-likeness (QED) is 0.622. The normalized spacial score (nSPS) is 12.7. The van der Waals surface area contributed by atoms with Crippen LogP contribution in [0.25, 0.3) is 0 Å². The number of hydrogen-bond donors (Lipinski definition) is 1. The molecule has 60 valence electrons. The van der Waals surface area contributed by atoms with Crippen LogP contribution in [0.4, 0.5) is 0 Å². The van der Waals surface area contributed by atoms with Gasteiger partial charge in [0.15, 0.2) is 0 Å². The molecule has 0 rings (SSSR count). The summed E-state index contributed by atoms with van der Waals surface area (Å²) < 4.78 is 4.88. The van der Waals surface area contributed by atoms with Gasteiger partial charge in [-0.05, 0) is 5.92 Å². The van der Waals surface area contributed by atoms with Gasteiger partial charge in [-0.15, -0.1) is 0 Å². The summed E-state index contributed by atoms with van der Waals surface area (Å²) in [5.41, 5.74) is 0. The third kappa shape index (κ3) is 5.56. The molecule has 0 spiro atoms. The Morgan fingerprint density at radius 1 is 1.70 bits per heavy atom. The zero-order valence-corrected chi connectivity index (χ0v) is 6.81. The minimum Gasteiger partial charge on any atom is -0.384 e. The topological polar surface area (TPSA) is 38.3 Å². The van der Waals surface area contributed by atoms with Crippen molar-refractivity contribution in [3.63, 3.8) is 0 Å². The highest BCUT2D eigenvalue weighted by Gasteiger charge is 2.00. The fourth-order valence-electron chi connectivity index (χ4n) is 0.661. The van der Waals surface area contributed by atoms with E-state index in [0.29, 0.717) is 19.1 Å². The van der Waals surface area contributed by atoms with Crippen LogP contribution >= 0.6 is 0 Å². The molecule has 1 atom stereocenters. The first-order valence-corrected chi connectivity index (χ1v) is 3.40. The Bertz CT molecular complexity index is 104. The van der Waals surface area contributed by atoms with E-state index in [4.69, 9.17) is 4.74 Å². The summed E-state index contributed by atoms with van der Waals surface area (Å²) in [6, 6.07) is 0. The Morgan fingerprint density at radius 3 is 2.70 bits per heavy atom. The van der Waals surface area contributed by atoms with Gasteiger partial charge in [0, 0.05) is 20.6 Å². The maximum Gasteiger partial charge on any atom is 0.216 e. The number of rotatable bonds is 4. The van der Waals surface area contributed by atoms with Crippen molar-refractivity contribution in [3.05, 3.63) is 0 Å². The number of hydrogen-bond acceptors (Lipinski definition) is 2. The highest BCUT2D eigenvalue weighted by atomic mass is 16.5. The zero-order valence-electron chi connectivity index (χ0n) is 6.81. The molecular formula is C7H15NO2. The molecule has 0 saturated heterocycles. The zero-order chi connectivity index (χ0) is 7.98. The molecule has 0 aromatic carbocycles. The second-order valence-electron chi connectivity index (χ2n) is 2.50. The van der Waals surface area contributed by atoms with Gasteiger partial charge in [-0.2, -0.15) is 0 Å². The standard InChI is InChI=1S/C7H15NO2/c1-6(5-10-3)4-8-7(2)9/h6H,4-5H2,1-3H3,(H,8,9). The van der Waals surface area contributed by atoms with Crippen LogP contribution in [0.3, 0.4) is 0 Å². The lowest BCUT2D eigenvalue weighted by molar-refractivity contribution is -0.119. The van der Waals surface area contributed by atoms with Crippen LogP contribution in [0.5, 0.6) is 0 Å². The van der Waals surface area contributed by atoms with Crippen LogP contribution in [0.1, 0.15) is 13.8 Å². The van der Waals surface area contributed by atoms with Gasteiger partial charge < -0.3 is 10.1 Å². The van der Waals surface area contributed by atoms with Gasteiger partial charge in [-0.3, -0.25) is 4.79 Å². The Kier molecular flexibility index (Phi) is 4.94. The lowest BCUT2D eigenvalue weighted by Crippen LogP contribution is -2.27. The van der Waals surface area contributed by atoms with Crippen LogP contribution in [0, 0.1) is 5.92 Å². The van der Waals surface area contributed by atoms with Crippen LogP contribution in [0.2, 0.25) is 0 Å². The van der Waals surface area contributed by atoms with Crippen LogP contribution in [-0.4, -0.2) is 26.2 Å². The highest BCUT2D eigenvalue weighted by Crippen LogP contribution is 1.91. The SMILES string of the molecule is COCC(C)CNC(C)=O. The number of amides is 1. The van der Waals surface area contributed by atoms with Crippen molar-refractivity contribution >= 4 is 5.91 Å². The van der Waals surface area contributed by atoms with Crippen molar-refractivity contribution in [1.82, 2.24) is 5.32 Å². The number of methoxy groups -OCH3 is 1. The van der Waals surface area contributed by atoms with E-state index in [1.54, 1.807) is 7.11 Å². The average Bonchev–Trinajstić information content (AvgIpc) is 1.85. The monoisotopic (exact) mass is 145 g/mol. The van der Waals surface area contributed by atoms with Crippen molar-refractivity contribution in [1.29, 1.82) is 0 Å². The van der Waals surface area contributed by atoms with Crippen LogP contribution in [-0.2, 0) is 9.53 Å². The van der Waals surface area contributed by atoms with Crippen molar-refractivity contribution in [2.45, 2.75) is 13.8 Å². The van der Waals surface area contributed by atoms with E-state index in [1.165, 1.54) is 6.92 Å². The molecule has 1 amide bonds. The van der Waals surface area contributed by atoms with E-state index in [-0.39, 0.29) is 5.91 Å². The average molecular weight is 145 g/mol. The molecule has 0 aromatic heterocycles. The molecule has 0 radical (unpaired) electrons. The smallest absolute Gasteiger partial charge is 0.216 e. The first-order valence-electron chi connectivity index (χ1n) is 3.40. The fraction of sp³-hybridized carbons (Fsp3) is 0.857. The lowest BCUT2D eigenvalue weighted by atomic mass is 10.2. The molecule has 1 unspecified atom stereocenters. The summed E-state index contributed by atoms with van der Waals surface area (Å²) in [7, 11) is 1.66. The maximum atomic E-state index is 10.4. The van der Waals surface area contributed by atoms with E-state index in [1.807, 2.05) is 6.92 Å². The Hall–Kier alpha value is -0.570. The predicted molar refractivity (Wildman–Crippen MR) is 39.7 cm³/mol. The first kappa shape index (κ1) is 9.43. The Labute approximate surface area is 61.8 Å². The molecule has 3 heteroatoms. The summed E-state index contributed by atoms with van der Waals surface area (Å²) in [6.07, 6.45) is 0. The van der Waals surface area contributed by atoms with Gasteiger partial charge in [-0.1, -0.05) is 6.92 Å². The Morgan fingerprint density at radius 2 is 2.30 bits per heavy atom. The number of carbonyl (C=O) groups is 1. The summed E-state index contributed by atoms with van der Waals surface area (Å²) in [4.78, 5) is 10.4. The summed E-state index contributed by atoms with van der Waals surface area (Å²) in [5.74, 6) is 0.414. The molecule has 3 nitrogen and oxygen atoms in total. The number of ether oxygens (including phenoxy) is 1.